The Bertz CT molecular complexity index is 469. The molecule has 1 aliphatic heterocycles. The summed E-state index contributed by atoms with van der Waals surface area (Å²) in [6.45, 7) is 6.82. The second-order valence-electron chi connectivity index (χ2n) is 5.66. The summed E-state index contributed by atoms with van der Waals surface area (Å²) in [5.41, 5.74) is 5.53. The smallest absolute Gasteiger partial charge is 0.410 e. The first-order valence-electron chi connectivity index (χ1n) is 6.52. The second kappa shape index (κ2) is 5.62. The summed E-state index contributed by atoms with van der Waals surface area (Å²) >= 11 is 0. The number of carbonyl (C=O) groups excluding carboxylic acids is 1. The normalized spacial score (nSPS) is 19.8. The van der Waals surface area contributed by atoms with Crippen molar-refractivity contribution in [3.8, 4) is 0 Å². The van der Waals surface area contributed by atoms with E-state index in [1.807, 2.05) is 20.8 Å². The fraction of sp³-hybridized carbons (Fsp3) is 0.615. The van der Waals surface area contributed by atoms with E-state index < -0.39 is 5.60 Å². The molecule has 1 aromatic rings. The number of carbonyl (C=O) groups is 1. The van der Waals surface area contributed by atoms with Crippen molar-refractivity contribution in [2.75, 3.05) is 25.4 Å². The van der Waals surface area contributed by atoms with Crippen LogP contribution in [0.2, 0.25) is 0 Å². The zero-order chi connectivity index (χ0) is 14.8. The van der Waals surface area contributed by atoms with Gasteiger partial charge in [-0.1, -0.05) is 0 Å². The highest BCUT2D eigenvalue weighted by Gasteiger charge is 2.30. The molecule has 0 radical (unpaired) electrons. The van der Waals surface area contributed by atoms with Gasteiger partial charge in [0.15, 0.2) is 5.82 Å². The molecular weight excluding hydrogens is 260 g/mol. The first kappa shape index (κ1) is 14.5. The number of ether oxygens (including phenoxy) is 2. The van der Waals surface area contributed by atoms with Crippen LogP contribution in [0.1, 0.15) is 32.7 Å². The Kier molecular flexibility index (Phi) is 4.08. The van der Waals surface area contributed by atoms with Gasteiger partial charge < -0.3 is 20.1 Å². The lowest BCUT2D eigenvalue weighted by Crippen LogP contribution is -2.45. The highest BCUT2D eigenvalue weighted by Crippen LogP contribution is 2.21. The average molecular weight is 280 g/mol. The fourth-order valence-electron chi connectivity index (χ4n) is 1.81. The zero-order valence-electron chi connectivity index (χ0n) is 12.0. The minimum atomic E-state index is -0.511. The molecule has 2 N–H and O–H groups in total. The maximum atomic E-state index is 12.0. The van der Waals surface area contributed by atoms with Gasteiger partial charge in [0.05, 0.1) is 31.2 Å². The molecule has 0 spiro atoms. The van der Waals surface area contributed by atoms with Gasteiger partial charge in [0.25, 0.3) is 0 Å². The predicted molar refractivity (Wildman–Crippen MR) is 72.9 cm³/mol. The summed E-state index contributed by atoms with van der Waals surface area (Å²) in [5, 5.41) is 0. The molecular formula is C13H20N4O3. The molecule has 0 unspecified atom stereocenters. The first-order chi connectivity index (χ1) is 9.35. The number of hydrogen-bond donors (Lipinski definition) is 1. The molecule has 2 rings (SSSR count). The van der Waals surface area contributed by atoms with Crippen LogP contribution in [0.25, 0.3) is 0 Å². The van der Waals surface area contributed by atoms with E-state index in [1.54, 1.807) is 4.90 Å². The summed E-state index contributed by atoms with van der Waals surface area (Å²) in [6, 6.07) is 0. The third kappa shape index (κ3) is 3.80. The van der Waals surface area contributed by atoms with E-state index >= 15 is 0 Å². The number of amides is 1. The van der Waals surface area contributed by atoms with Crippen LogP contribution in [0.5, 0.6) is 0 Å². The molecule has 2 heterocycles. The number of aromatic nitrogens is 2. The van der Waals surface area contributed by atoms with Crippen LogP contribution in [0, 0.1) is 0 Å². The van der Waals surface area contributed by atoms with Crippen LogP contribution in [-0.2, 0) is 9.47 Å². The van der Waals surface area contributed by atoms with Crippen LogP contribution in [-0.4, -0.2) is 46.3 Å². The van der Waals surface area contributed by atoms with Gasteiger partial charge >= 0.3 is 6.09 Å². The Morgan fingerprint density at radius 1 is 1.45 bits per heavy atom. The number of rotatable bonds is 1. The average Bonchev–Trinajstić information content (AvgIpc) is 2.38. The van der Waals surface area contributed by atoms with E-state index in [9.17, 15) is 4.79 Å². The lowest BCUT2D eigenvalue weighted by molar-refractivity contribution is -0.0462. The Morgan fingerprint density at radius 2 is 2.10 bits per heavy atom. The number of anilines is 1. The van der Waals surface area contributed by atoms with E-state index in [1.165, 1.54) is 12.4 Å². The lowest BCUT2D eigenvalue weighted by Gasteiger charge is -2.33. The molecule has 1 aliphatic rings. The molecule has 1 atom stereocenters. The predicted octanol–water partition coefficient (Wildman–Crippen LogP) is 1.37. The number of nitrogens with two attached hydrogens (primary N) is 1. The Balaban J connectivity index is 2.01. The maximum Gasteiger partial charge on any atom is 0.410 e. The number of nitrogen functional groups attached to an aromatic ring is 1. The minimum absolute atomic E-state index is 0.346. The molecule has 0 saturated carbocycles. The summed E-state index contributed by atoms with van der Waals surface area (Å²) in [5.74, 6) is 0.521. The molecule has 1 saturated heterocycles. The van der Waals surface area contributed by atoms with Crippen molar-refractivity contribution < 1.29 is 14.3 Å². The summed E-state index contributed by atoms with van der Waals surface area (Å²) < 4.78 is 11.0. The zero-order valence-corrected chi connectivity index (χ0v) is 12.0. The van der Waals surface area contributed by atoms with Crippen LogP contribution in [0.15, 0.2) is 12.4 Å². The second-order valence-corrected chi connectivity index (χ2v) is 5.66. The standard InChI is InChI=1S/C13H20N4O3/c1-13(2,3)20-12(18)17-4-5-19-10(8-17)11-15-6-9(14)7-16-11/h6-7,10H,4-5,8,14H2,1-3H3/t10-/m0/s1. The first-order valence-corrected chi connectivity index (χ1v) is 6.52. The largest absolute Gasteiger partial charge is 0.444 e. The van der Waals surface area contributed by atoms with Crippen molar-refractivity contribution in [3.63, 3.8) is 0 Å². The number of hydrogen-bond acceptors (Lipinski definition) is 6. The number of morpholine rings is 1. The third-order valence-electron chi connectivity index (χ3n) is 2.70. The maximum absolute atomic E-state index is 12.0. The van der Waals surface area contributed by atoms with Gasteiger partial charge in [-0.2, -0.15) is 0 Å². The number of nitrogens with zero attached hydrogens (tertiary/aromatic N) is 3. The molecule has 0 aliphatic carbocycles. The van der Waals surface area contributed by atoms with Crippen molar-refractivity contribution in [2.45, 2.75) is 32.5 Å². The SMILES string of the molecule is CC(C)(C)OC(=O)N1CCO[C@H](c2ncc(N)cn2)C1. The van der Waals surface area contributed by atoms with E-state index in [0.717, 1.165) is 0 Å². The van der Waals surface area contributed by atoms with Crippen molar-refractivity contribution >= 4 is 11.8 Å². The van der Waals surface area contributed by atoms with Gasteiger partial charge in [-0.3, -0.25) is 0 Å². The molecule has 0 aromatic carbocycles. The topological polar surface area (TPSA) is 90.6 Å². The Hall–Kier alpha value is -1.89. The summed E-state index contributed by atoms with van der Waals surface area (Å²) in [4.78, 5) is 21.9. The quantitative estimate of drug-likeness (QED) is 0.835. The highest BCUT2D eigenvalue weighted by atomic mass is 16.6. The van der Waals surface area contributed by atoms with Crippen molar-refractivity contribution in [1.82, 2.24) is 14.9 Å². The molecule has 1 aromatic heterocycles. The fourth-order valence-corrected chi connectivity index (χ4v) is 1.81. The van der Waals surface area contributed by atoms with Crippen LogP contribution >= 0.6 is 0 Å². The van der Waals surface area contributed by atoms with Gasteiger partial charge in [-0.25, -0.2) is 14.8 Å². The van der Waals surface area contributed by atoms with E-state index in [-0.39, 0.29) is 12.2 Å². The summed E-state index contributed by atoms with van der Waals surface area (Å²) in [6.07, 6.45) is 2.36. The molecule has 7 heteroatoms. The Morgan fingerprint density at radius 3 is 2.70 bits per heavy atom. The highest BCUT2D eigenvalue weighted by molar-refractivity contribution is 5.68. The third-order valence-corrected chi connectivity index (χ3v) is 2.70. The van der Waals surface area contributed by atoms with Gasteiger partial charge in [-0.05, 0) is 20.8 Å². The molecule has 110 valence electrons. The van der Waals surface area contributed by atoms with Gasteiger partial charge in [0, 0.05) is 6.54 Å². The lowest BCUT2D eigenvalue weighted by atomic mass is 10.2. The Labute approximate surface area is 118 Å². The van der Waals surface area contributed by atoms with E-state index in [2.05, 4.69) is 9.97 Å². The molecule has 0 bridgehead atoms. The summed E-state index contributed by atoms with van der Waals surface area (Å²) in [7, 11) is 0. The van der Waals surface area contributed by atoms with Crippen LogP contribution in [0.4, 0.5) is 10.5 Å². The van der Waals surface area contributed by atoms with Crippen LogP contribution in [0.3, 0.4) is 0 Å². The van der Waals surface area contributed by atoms with Crippen molar-refractivity contribution in [3.05, 3.63) is 18.2 Å². The minimum Gasteiger partial charge on any atom is -0.444 e. The molecule has 7 nitrogen and oxygen atoms in total. The van der Waals surface area contributed by atoms with Gasteiger partial charge in [-0.15, -0.1) is 0 Å². The van der Waals surface area contributed by atoms with E-state index in [0.29, 0.717) is 31.2 Å². The van der Waals surface area contributed by atoms with Crippen LogP contribution < -0.4 is 5.73 Å². The van der Waals surface area contributed by atoms with Gasteiger partial charge in [0.1, 0.15) is 11.7 Å². The molecule has 1 amide bonds. The van der Waals surface area contributed by atoms with Crippen molar-refractivity contribution in [2.24, 2.45) is 0 Å². The molecule has 1 fully saturated rings. The van der Waals surface area contributed by atoms with Gasteiger partial charge in [0.2, 0.25) is 0 Å². The van der Waals surface area contributed by atoms with E-state index in [4.69, 9.17) is 15.2 Å². The van der Waals surface area contributed by atoms with Crippen molar-refractivity contribution in [1.29, 1.82) is 0 Å². The molecule has 20 heavy (non-hydrogen) atoms. The monoisotopic (exact) mass is 280 g/mol.